The van der Waals surface area contributed by atoms with Gasteiger partial charge in [-0.1, -0.05) is 30.3 Å². The van der Waals surface area contributed by atoms with E-state index in [1.807, 2.05) is 50.4 Å². The molecule has 0 fully saturated rings. The van der Waals surface area contributed by atoms with Gasteiger partial charge in [-0.25, -0.2) is 10.8 Å². The molecule has 0 unspecified atom stereocenters. The lowest BCUT2D eigenvalue weighted by atomic mass is 10.2. The van der Waals surface area contributed by atoms with Crippen LogP contribution in [0.25, 0.3) is 17.0 Å². The summed E-state index contributed by atoms with van der Waals surface area (Å²) in [6.07, 6.45) is 3.62. The first-order chi connectivity index (χ1) is 14.3. The maximum Gasteiger partial charge on any atom is 0.274 e. The summed E-state index contributed by atoms with van der Waals surface area (Å²) < 4.78 is 1.77. The number of nitrogens with two attached hydrogens (primary N) is 1. The summed E-state index contributed by atoms with van der Waals surface area (Å²) in [5.74, 6) is 5.65. The topological polar surface area (TPSA) is 118 Å². The summed E-state index contributed by atoms with van der Waals surface area (Å²) in [5, 5.41) is 6.56. The monoisotopic (exact) mass is 407 g/mol. The van der Waals surface area contributed by atoms with Crippen LogP contribution >= 0.6 is 0 Å². The second-order valence-corrected chi connectivity index (χ2v) is 7.18. The van der Waals surface area contributed by atoms with Crippen LogP contribution in [0.4, 0.5) is 5.82 Å². The minimum Gasteiger partial charge on any atom is -0.350 e. The van der Waals surface area contributed by atoms with Crippen LogP contribution < -0.4 is 16.5 Å². The first-order valence-electron chi connectivity index (χ1n) is 9.49. The van der Waals surface area contributed by atoms with Gasteiger partial charge in [0.25, 0.3) is 5.91 Å². The van der Waals surface area contributed by atoms with Crippen molar-refractivity contribution in [1.82, 2.24) is 24.7 Å². The van der Waals surface area contributed by atoms with Gasteiger partial charge < -0.3 is 15.6 Å². The number of anilines is 1. The standard InChI is InChI=1S/C21H25N7O2/c1-13(2)23-19(29)14(3)18(27(4)22)20(30)25-17-10-11-28-12-16(24-21(28)26-17)15-8-6-5-7-9-15/h5-13H,22H2,1-4H3,(H,23,29)(H,24,25,26,30)/b18-14+. The molecule has 156 valence electrons. The van der Waals surface area contributed by atoms with E-state index in [2.05, 4.69) is 20.6 Å². The molecular formula is C21H25N7O2. The molecule has 0 bridgehead atoms. The van der Waals surface area contributed by atoms with Crippen molar-refractivity contribution >= 4 is 23.4 Å². The highest BCUT2D eigenvalue weighted by Gasteiger charge is 2.21. The molecule has 3 rings (SSSR count). The van der Waals surface area contributed by atoms with Gasteiger partial charge >= 0.3 is 0 Å². The molecule has 2 amide bonds. The van der Waals surface area contributed by atoms with Crippen molar-refractivity contribution in [3.05, 3.63) is 60.1 Å². The van der Waals surface area contributed by atoms with E-state index in [0.717, 1.165) is 16.3 Å². The number of hydrogen-bond acceptors (Lipinski definition) is 6. The zero-order valence-corrected chi connectivity index (χ0v) is 17.4. The molecule has 9 heteroatoms. The highest BCUT2D eigenvalue weighted by Crippen LogP contribution is 2.19. The Kier molecular flexibility index (Phi) is 6.12. The third-order valence-electron chi connectivity index (χ3n) is 4.32. The van der Waals surface area contributed by atoms with Gasteiger partial charge in [-0.2, -0.15) is 4.98 Å². The van der Waals surface area contributed by atoms with Crippen LogP contribution in [-0.4, -0.2) is 44.3 Å². The van der Waals surface area contributed by atoms with Crippen LogP contribution in [0.2, 0.25) is 0 Å². The number of imidazole rings is 1. The number of carbonyl (C=O) groups excluding carboxylic acids is 2. The van der Waals surface area contributed by atoms with Crippen LogP contribution in [0.15, 0.2) is 60.1 Å². The van der Waals surface area contributed by atoms with E-state index >= 15 is 0 Å². The van der Waals surface area contributed by atoms with E-state index in [4.69, 9.17) is 5.84 Å². The highest BCUT2D eigenvalue weighted by atomic mass is 16.2. The van der Waals surface area contributed by atoms with Crippen LogP contribution in [0.1, 0.15) is 20.8 Å². The molecule has 0 aliphatic carbocycles. The second-order valence-electron chi connectivity index (χ2n) is 7.18. The Morgan fingerprint density at radius 2 is 1.80 bits per heavy atom. The number of nitrogens with one attached hydrogen (secondary N) is 2. The SMILES string of the molecule is C/C(C(=O)NC(C)C)=C(/C(=O)Nc1ccn2cc(-c3ccccc3)nc2n1)N(C)N. The van der Waals surface area contributed by atoms with Crippen LogP contribution in [-0.2, 0) is 9.59 Å². The number of rotatable bonds is 6. The van der Waals surface area contributed by atoms with Crippen LogP contribution in [0, 0.1) is 0 Å². The number of fused-ring (bicyclic) bond motifs is 1. The molecule has 2 heterocycles. The summed E-state index contributed by atoms with van der Waals surface area (Å²) in [6, 6.07) is 11.3. The Morgan fingerprint density at radius 3 is 2.43 bits per heavy atom. The Balaban J connectivity index is 1.86. The summed E-state index contributed by atoms with van der Waals surface area (Å²) >= 11 is 0. The van der Waals surface area contributed by atoms with Gasteiger partial charge in [-0.05, 0) is 26.8 Å². The van der Waals surface area contributed by atoms with Crippen LogP contribution in [0.5, 0.6) is 0 Å². The van der Waals surface area contributed by atoms with E-state index in [1.165, 1.54) is 7.05 Å². The van der Waals surface area contributed by atoms with Crippen molar-refractivity contribution in [2.45, 2.75) is 26.8 Å². The quantitative estimate of drug-likeness (QED) is 0.327. The maximum atomic E-state index is 12.8. The van der Waals surface area contributed by atoms with Crippen molar-refractivity contribution in [3.8, 4) is 11.3 Å². The molecule has 0 saturated carbocycles. The van der Waals surface area contributed by atoms with E-state index < -0.39 is 5.91 Å². The van der Waals surface area contributed by atoms with E-state index in [9.17, 15) is 9.59 Å². The number of carbonyl (C=O) groups is 2. The van der Waals surface area contributed by atoms with E-state index in [1.54, 1.807) is 23.6 Å². The van der Waals surface area contributed by atoms with Crippen LogP contribution in [0.3, 0.4) is 0 Å². The Bertz CT molecular complexity index is 1100. The van der Waals surface area contributed by atoms with Gasteiger partial charge in [0, 0.05) is 36.6 Å². The first kappa shape index (κ1) is 21.0. The largest absolute Gasteiger partial charge is 0.350 e. The van der Waals surface area contributed by atoms with Gasteiger partial charge in [-0.3, -0.25) is 14.0 Å². The fourth-order valence-corrected chi connectivity index (χ4v) is 2.94. The van der Waals surface area contributed by atoms with Gasteiger partial charge in [0.05, 0.1) is 5.69 Å². The van der Waals surface area contributed by atoms with Gasteiger partial charge in [0.1, 0.15) is 11.5 Å². The van der Waals surface area contributed by atoms with Gasteiger partial charge in [-0.15, -0.1) is 0 Å². The van der Waals surface area contributed by atoms with Crippen molar-refractivity contribution in [1.29, 1.82) is 0 Å². The lowest BCUT2D eigenvalue weighted by Crippen LogP contribution is -2.38. The Labute approximate surface area is 174 Å². The average molecular weight is 407 g/mol. The van der Waals surface area contributed by atoms with Gasteiger partial charge in [0.2, 0.25) is 11.7 Å². The summed E-state index contributed by atoms with van der Waals surface area (Å²) in [5.41, 5.74) is 1.99. The average Bonchev–Trinajstić information content (AvgIpc) is 3.11. The first-order valence-corrected chi connectivity index (χ1v) is 9.49. The van der Waals surface area contributed by atoms with Crippen molar-refractivity contribution in [2.75, 3.05) is 12.4 Å². The predicted molar refractivity (Wildman–Crippen MR) is 115 cm³/mol. The maximum absolute atomic E-state index is 12.8. The van der Waals surface area contributed by atoms with Gasteiger partial charge in [0.15, 0.2) is 0 Å². The Morgan fingerprint density at radius 1 is 1.10 bits per heavy atom. The molecule has 3 aromatic rings. The summed E-state index contributed by atoms with van der Waals surface area (Å²) in [4.78, 5) is 34.0. The predicted octanol–water partition coefficient (Wildman–Crippen LogP) is 1.94. The number of hydrogen-bond donors (Lipinski definition) is 3. The molecule has 0 radical (unpaired) electrons. The molecule has 1 aromatic carbocycles. The number of aromatic nitrogens is 3. The number of hydrazine groups is 1. The minimum atomic E-state index is -0.539. The van der Waals surface area contributed by atoms with Crippen molar-refractivity contribution in [3.63, 3.8) is 0 Å². The normalized spacial score (nSPS) is 11.9. The summed E-state index contributed by atoms with van der Waals surface area (Å²) in [7, 11) is 1.50. The fourth-order valence-electron chi connectivity index (χ4n) is 2.94. The minimum absolute atomic E-state index is 0.0446. The number of benzene rings is 1. The molecule has 0 atom stereocenters. The molecule has 4 N–H and O–H groups in total. The molecule has 9 nitrogen and oxygen atoms in total. The smallest absolute Gasteiger partial charge is 0.274 e. The second kappa shape index (κ2) is 8.75. The number of nitrogens with zero attached hydrogens (tertiary/aromatic N) is 4. The van der Waals surface area contributed by atoms with E-state index in [0.29, 0.717) is 11.6 Å². The molecule has 30 heavy (non-hydrogen) atoms. The third kappa shape index (κ3) is 4.64. The number of amides is 2. The lowest BCUT2D eigenvalue weighted by Gasteiger charge is -2.19. The molecule has 0 spiro atoms. The Hall–Kier alpha value is -3.72. The number of likely N-dealkylation sites (N-methyl/N-ethyl adjacent to an activating group) is 1. The highest BCUT2D eigenvalue weighted by molar-refractivity contribution is 6.09. The summed E-state index contributed by atoms with van der Waals surface area (Å²) in [6.45, 7) is 5.22. The van der Waals surface area contributed by atoms with Crippen molar-refractivity contribution in [2.24, 2.45) is 5.84 Å². The molecule has 0 aliphatic heterocycles. The van der Waals surface area contributed by atoms with Crippen molar-refractivity contribution < 1.29 is 9.59 Å². The molecule has 0 aliphatic rings. The molecule has 2 aromatic heterocycles. The third-order valence-corrected chi connectivity index (χ3v) is 4.32. The zero-order chi connectivity index (χ0) is 21.8. The molecule has 0 saturated heterocycles. The fraction of sp³-hybridized carbons (Fsp3) is 0.238. The zero-order valence-electron chi connectivity index (χ0n) is 17.4. The molecular weight excluding hydrogens is 382 g/mol. The lowest BCUT2D eigenvalue weighted by molar-refractivity contribution is -0.119. The van der Waals surface area contributed by atoms with E-state index in [-0.39, 0.29) is 23.2 Å².